The summed E-state index contributed by atoms with van der Waals surface area (Å²) in [6, 6.07) is 15.0. The molecule has 0 atom stereocenters. The lowest BCUT2D eigenvalue weighted by Gasteiger charge is -2.21. The molecule has 1 aliphatic rings. The summed E-state index contributed by atoms with van der Waals surface area (Å²) in [5, 5.41) is 2.47. The summed E-state index contributed by atoms with van der Waals surface area (Å²) in [5.41, 5.74) is 9.35. The number of rotatable bonds is 2. The van der Waals surface area contributed by atoms with Gasteiger partial charge in [-0.2, -0.15) is 13.2 Å². The molecule has 0 radical (unpaired) electrons. The number of aliphatic imine (C=N–C) groups is 1. The van der Waals surface area contributed by atoms with Gasteiger partial charge in [-0.25, -0.2) is 4.99 Å². The summed E-state index contributed by atoms with van der Waals surface area (Å²) in [7, 11) is 1.82. The Kier molecular flexibility index (Phi) is 4.06. The van der Waals surface area contributed by atoms with Gasteiger partial charge >= 0.3 is 6.18 Å². The second kappa shape index (κ2) is 6.30. The molecule has 3 aromatic carbocycles. The Morgan fingerprint density at radius 3 is 2.44 bits per heavy atom. The number of alkyl halides is 3. The number of aryl methyl sites for hydroxylation is 2. The van der Waals surface area contributed by atoms with Crippen molar-refractivity contribution in [2.75, 3.05) is 11.9 Å². The van der Waals surface area contributed by atoms with Crippen molar-refractivity contribution in [1.29, 1.82) is 0 Å². The molecule has 3 nitrogen and oxygen atoms in total. The van der Waals surface area contributed by atoms with Crippen LogP contribution in [0, 0.1) is 0 Å². The van der Waals surface area contributed by atoms with Gasteiger partial charge in [-0.05, 0) is 65.1 Å². The molecule has 4 rings (SSSR count). The fourth-order valence-corrected chi connectivity index (χ4v) is 3.62. The van der Waals surface area contributed by atoms with Crippen molar-refractivity contribution in [2.45, 2.75) is 19.0 Å². The Balaban J connectivity index is 1.66. The highest BCUT2D eigenvalue weighted by Gasteiger charge is 2.30. The maximum atomic E-state index is 12.7. The molecule has 27 heavy (non-hydrogen) atoms. The van der Waals surface area contributed by atoms with Gasteiger partial charge in [-0.15, -0.1) is 0 Å². The van der Waals surface area contributed by atoms with Crippen molar-refractivity contribution in [3.63, 3.8) is 0 Å². The van der Waals surface area contributed by atoms with Crippen LogP contribution in [-0.4, -0.2) is 13.0 Å². The Labute approximate surface area is 154 Å². The second-order valence-electron chi connectivity index (χ2n) is 6.65. The number of halogens is 3. The van der Waals surface area contributed by atoms with Crippen molar-refractivity contribution < 1.29 is 13.2 Å². The molecule has 0 saturated carbocycles. The quantitative estimate of drug-likeness (QED) is 0.508. The largest absolute Gasteiger partial charge is 0.416 e. The van der Waals surface area contributed by atoms with Crippen LogP contribution in [0.5, 0.6) is 0 Å². The normalized spacial score (nSPS) is 14.0. The third-order valence-electron chi connectivity index (χ3n) is 5.00. The molecule has 0 aromatic heterocycles. The topological polar surface area (TPSA) is 41.6 Å². The average Bonchev–Trinajstić information content (AvgIpc) is 3.07. The van der Waals surface area contributed by atoms with Crippen molar-refractivity contribution >= 4 is 28.1 Å². The zero-order valence-corrected chi connectivity index (χ0v) is 14.7. The van der Waals surface area contributed by atoms with Crippen LogP contribution in [0.3, 0.4) is 0 Å². The Morgan fingerprint density at radius 1 is 1.00 bits per heavy atom. The number of anilines is 1. The molecule has 6 heteroatoms. The van der Waals surface area contributed by atoms with Gasteiger partial charge in [0, 0.05) is 12.7 Å². The van der Waals surface area contributed by atoms with Crippen LogP contribution >= 0.6 is 0 Å². The highest BCUT2D eigenvalue weighted by molar-refractivity contribution is 6.02. The highest BCUT2D eigenvalue weighted by Crippen LogP contribution is 2.37. The summed E-state index contributed by atoms with van der Waals surface area (Å²) in [5.74, 6) is 0.231. The third kappa shape index (κ3) is 3.12. The van der Waals surface area contributed by atoms with E-state index in [0.717, 1.165) is 30.7 Å². The molecule has 3 aromatic rings. The zero-order valence-electron chi connectivity index (χ0n) is 14.7. The van der Waals surface area contributed by atoms with E-state index in [4.69, 9.17) is 5.73 Å². The number of nitrogens with two attached hydrogens (primary N) is 1. The molecule has 2 N–H and O–H groups in total. The number of hydrogen-bond donors (Lipinski definition) is 1. The van der Waals surface area contributed by atoms with Gasteiger partial charge in [0.15, 0.2) is 0 Å². The smallest absolute Gasteiger partial charge is 0.369 e. The molecule has 0 unspecified atom stereocenters. The van der Waals surface area contributed by atoms with Crippen LogP contribution in [-0.2, 0) is 19.0 Å². The summed E-state index contributed by atoms with van der Waals surface area (Å²) in [4.78, 5) is 6.07. The maximum Gasteiger partial charge on any atom is 0.416 e. The van der Waals surface area contributed by atoms with Gasteiger partial charge in [0.25, 0.3) is 0 Å². The van der Waals surface area contributed by atoms with Crippen molar-refractivity contribution in [3.8, 4) is 0 Å². The van der Waals surface area contributed by atoms with Crippen LogP contribution in [0.1, 0.15) is 16.7 Å². The summed E-state index contributed by atoms with van der Waals surface area (Å²) < 4.78 is 38.0. The molecule has 0 bridgehead atoms. The molecule has 0 saturated heterocycles. The summed E-state index contributed by atoms with van der Waals surface area (Å²) >= 11 is 0. The molecular weight excluding hydrogens is 351 g/mol. The van der Waals surface area contributed by atoms with E-state index in [1.54, 1.807) is 4.90 Å². The van der Waals surface area contributed by atoms with Crippen LogP contribution in [0.15, 0.2) is 59.6 Å². The van der Waals surface area contributed by atoms with E-state index in [-0.39, 0.29) is 5.96 Å². The summed E-state index contributed by atoms with van der Waals surface area (Å²) in [6.07, 6.45) is -2.44. The van der Waals surface area contributed by atoms with Crippen LogP contribution in [0.4, 0.5) is 24.5 Å². The number of nitrogens with zero attached hydrogens (tertiary/aromatic N) is 2. The monoisotopic (exact) mass is 369 g/mol. The van der Waals surface area contributed by atoms with Gasteiger partial charge < -0.3 is 10.6 Å². The van der Waals surface area contributed by atoms with E-state index in [1.165, 1.54) is 34.0 Å². The SMILES string of the molecule is CN(C(N)=Nc1ccc(C(F)(F)F)cc1)c1ccc2cccc3c2c1CC3. The highest BCUT2D eigenvalue weighted by atomic mass is 19.4. The van der Waals surface area contributed by atoms with Gasteiger partial charge in [0.2, 0.25) is 5.96 Å². The van der Waals surface area contributed by atoms with Gasteiger partial charge in [0.1, 0.15) is 0 Å². The minimum Gasteiger partial charge on any atom is -0.369 e. The minimum atomic E-state index is -4.36. The van der Waals surface area contributed by atoms with Crippen LogP contribution in [0.2, 0.25) is 0 Å². The van der Waals surface area contributed by atoms with E-state index in [2.05, 4.69) is 29.3 Å². The van der Waals surface area contributed by atoms with Crippen molar-refractivity contribution in [3.05, 3.63) is 71.3 Å². The first kappa shape index (κ1) is 17.4. The molecule has 0 heterocycles. The number of guanidine groups is 1. The molecule has 138 valence electrons. The first-order valence-electron chi connectivity index (χ1n) is 8.63. The lowest BCUT2D eigenvalue weighted by molar-refractivity contribution is -0.137. The lowest BCUT2D eigenvalue weighted by Crippen LogP contribution is -2.34. The molecule has 0 fully saturated rings. The molecule has 0 aliphatic heterocycles. The Hall–Kier alpha value is -3.02. The predicted molar refractivity (Wildman–Crippen MR) is 102 cm³/mol. The average molecular weight is 369 g/mol. The van der Waals surface area contributed by atoms with Gasteiger partial charge in [0.05, 0.1) is 11.3 Å². The van der Waals surface area contributed by atoms with E-state index >= 15 is 0 Å². The van der Waals surface area contributed by atoms with Gasteiger partial charge in [-0.1, -0.05) is 24.3 Å². The molecule has 0 amide bonds. The van der Waals surface area contributed by atoms with Crippen LogP contribution in [0.25, 0.3) is 10.8 Å². The Bertz CT molecular complexity index is 1040. The van der Waals surface area contributed by atoms with E-state index in [0.29, 0.717) is 5.69 Å². The zero-order chi connectivity index (χ0) is 19.2. The molecular formula is C21H18F3N3. The fraction of sp³-hybridized carbons (Fsp3) is 0.190. The molecule has 1 aliphatic carbocycles. The first-order valence-corrected chi connectivity index (χ1v) is 8.63. The minimum absolute atomic E-state index is 0.231. The van der Waals surface area contributed by atoms with Crippen LogP contribution < -0.4 is 10.6 Å². The number of hydrogen-bond acceptors (Lipinski definition) is 1. The summed E-state index contributed by atoms with van der Waals surface area (Å²) in [6.45, 7) is 0. The Morgan fingerprint density at radius 2 is 1.74 bits per heavy atom. The van der Waals surface area contributed by atoms with Crippen molar-refractivity contribution in [2.24, 2.45) is 10.7 Å². The second-order valence-corrected chi connectivity index (χ2v) is 6.65. The number of benzene rings is 3. The maximum absolute atomic E-state index is 12.7. The van der Waals surface area contributed by atoms with Crippen molar-refractivity contribution in [1.82, 2.24) is 0 Å². The van der Waals surface area contributed by atoms with E-state index in [9.17, 15) is 13.2 Å². The molecule has 0 spiro atoms. The van der Waals surface area contributed by atoms with E-state index in [1.807, 2.05) is 13.1 Å². The first-order chi connectivity index (χ1) is 12.8. The lowest BCUT2D eigenvalue weighted by atomic mass is 10.0. The third-order valence-corrected chi connectivity index (χ3v) is 5.00. The standard InChI is InChI=1S/C21H18F3N3/c1-27(20(25)26-16-9-7-15(8-10-16)21(22,23)24)18-12-6-14-4-2-3-13-5-11-17(18)19(13)14/h2-4,6-10,12H,5,11H2,1H3,(H2,25,26). The fourth-order valence-electron chi connectivity index (χ4n) is 3.62. The van der Waals surface area contributed by atoms with Gasteiger partial charge in [-0.3, -0.25) is 0 Å². The van der Waals surface area contributed by atoms with E-state index < -0.39 is 11.7 Å². The predicted octanol–water partition coefficient (Wildman–Crippen LogP) is 5.04.